The van der Waals surface area contributed by atoms with Gasteiger partial charge in [0.2, 0.25) is 0 Å². The van der Waals surface area contributed by atoms with E-state index in [9.17, 15) is 18.8 Å². The van der Waals surface area contributed by atoms with Crippen LogP contribution in [0.4, 0.5) is 20.4 Å². The number of nitrogens with one attached hydrogen (secondary N) is 3. The zero-order chi connectivity index (χ0) is 28.4. The Balaban J connectivity index is 1.36. The van der Waals surface area contributed by atoms with Crippen LogP contribution in [0.15, 0.2) is 61.2 Å². The Hall–Kier alpha value is -5.44. The SMILES string of the molecule is CC(NC(=O)c1nc(C#N)cnc1NC(C)c1ccc(-c2c[nH]c3ncnc(N)c23)cc1)c1ccc(F)c(F)c1. The lowest BCUT2D eigenvalue weighted by atomic mass is 10.0. The van der Waals surface area contributed by atoms with Gasteiger partial charge in [0, 0.05) is 11.8 Å². The number of nitriles is 1. The zero-order valence-corrected chi connectivity index (χ0v) is 21.4. The summed E-state index contributed by atoms with van der Waals surface area (Å²) < 4.78 is 27.0. The number of benzene rings is 2. The molecular formula is C28H23F2N9O. The van der Waals surface area contributed by atoms with E-state index in [2.05, 4.69) is 35.6 Å². The predicted octanol–water partition coefficient (Wildman–Crippen LogP) is 4.81. The molecule has 0 spiro atoms. The fraction of sp³-hybridized carbons (Fsp3) is 0.143. The molecule has 0 saturated heterocycles. The van der Waals surface area contributed by atoms with Crippen molar-refractivity contribution in [1.82, 2.24) is 30.2 Å². The average Bonchev–Trinajstić information content (AvgIpc) is 3.40. The molecule has 12 heteroatoms. The third kappa shape index (κ3) is 5.12. The number of nitrogen functional groups attached to an aromatic ring is 1. The normalized spacial score (nSPS) is 12.5. The molecule has 5 aromatic rings. The van der Waals surface area contributed by atoms with E-state index < -0.39 is 23.6 Å². The third-order valence-electron chi connectivity index (χ3n) is 6.47. The lowest BCUT2D eigenvalue weighted by molar-refractivity contribution is 0.0935. The Morgan fingerprint density at radius 1 is 1.02 bits per heavy atom. The number of hydrogen-bond acceptors (Lipinski definition) is 8. The molecule has 5 N–H and O–H groups in total. The van der Waals surface area contributed by atoms with Crippen LogP contribution in [-0.2, 0) is 0 Å². The van der Waals surface area contributed by atoms with Crippen LogP contribution in [-0.4, -0.2) is 30.8 Å². The Bertz CT molecular complexity index is 1760. The largest absolute Gasteiger partial charge is 0.383 e. The maximum atomic E-state index is 13.7. The van der Waals surface area contributed by atoms with E-state index in [-0.39, 0.29) is 23.2 Å². The van der Waals surface area contributed by atoms with E-state index in [0.29, 0.717) is 17.0 Å². The number of nitrogens with two attached hydrogens (primary N) is 1. The van der Waals surface area contributed by atoms with Crippen molar-refractivity contribution in [3.63, 3.8) is 0 Å². The summed E-state index contributed by atoms with van der Waals surface area (Å²) >= 11 is 0. The molecule has 0 radical (unpaired) electrons. The number of rotatable bonds is 7. The van der Waals surface area contributed by atoms with Gasteiger partial charge < -0.3 is 21.4 Å². The average molecular weight is 540 g/mol. The van der Waals surface area contributed by atoms with Crippen molar-refractivity contribution >= 4 is 28.6 Å². The second-order valence-corrected chi connectivity index (χ2v) is 9.11. The van der Waals surface area contributed by atoms with Crippen LogP contribution < -0.4 is 16.4 Å². The molecule has 0 bridgehead atoms. The molecule has 40 heavy (non-hydrogen) atoms. The molecule has 10 nitrogen and oxygen atoms in total. The number of amides is 1. The number of anilines is 2. The number of carbonyl (C=O) groups excluding carboxylic acids is 1. The van der Waals surface area contributed by atoms with E-state index in [1.165, 1.54) is 18.6 Å². The van der Waals surface area contributed by atoms with E-state index in [0.717, 1.165) is 34.2 Å². The van der Waals surface area contributed by atoms with Crippen molar-refractivity contribution < 1.29 is 13.6 Å². The van der Waals surface area contributed by atoms with Crippen molar-refractivity contribution in [2.75, 3.05) is 11.1 Å². The summed E-state index contributed by atoms with van der Waals surface area (Å²) in [4.78, 5) is 32.9. The summed E-state index contributed by atoms with van der Waals surface area (Å²) in [7, 11) is 0. The molecule has 0 fully saturated rings. The summed E-state index contributed by atoms with van der Waals surface area (Å²) in [5.74, 6) is -2.10. The lowest BCUT2D eigenvalue weighted by Gasteiger charge is -2.19. The number of nitrogens with zero attached hydrogens (tertiary/aromatic N) is 5. The Morgan fingerprint density at radius 3 is 2.50 bits per heavy atom. The minimum atomic E-state index is -1.02. The second kappa shape index (κ2) is 10.7. The van der Waals surface area contributed by atoms with Gasteiger partial charge in [-0.25, -0.2) is 28.7 Å². The molecule has 200 valence electrons. The van der Waals surface area contributed by atoms with Gasteiger partial charge in [-0.2, -0.15) is 5.26 Å². The summed E-state index contributed by atoms with van der Waals surface area (Å²) in [5, 5.41) is 15.9. The predicted molar refractivity (Wildman–Crippen MR) is 145 cm³/mol. The van der Waals surface area contributed by atoms with Gasteiger partial charge in [0.1, 0.15) is 23.9 Å². The van der Waals surface area contributed by atoms with Crippen LogP contribution in [0.2, 0.25) is 0 Å². The number of carbonyl (C=O) groups is 1. The molecule has 3 heterocycles. The molecule has 0 aliphatic heterocycles. The van der Waals surface area contributed by atoms with E-state index in [1.807, 2.05) is 43.5 Å². The summed E-state index contributed by atoms with van der Waals surface area (Å²) in [6.45, 7) is 3.51. The number of aromatic nitrogens is 5. The van der Waals surface area contributed by atoms with Gasteiger partial charge in [0.05, 0.1) is 23.7 Å². The first-order valence-corrected chi connectivity index (χ1v) is 12.2. The highest BCUT2D eigenvalue weighted by Gasteiger charge is 2.21. The molecule has 2 unspecified atom stereocenters. The molecule has 3 aromatic heterocycles. The molecule has 2 aromatic carbocycles. The standard InChI is InChI=1S/C28H23F2N9O/c1-14(16-3-5-17(6-4-16)20-12-34-26-23(20)25(32)35-13-36-26)37-27-24(39-19(10-31)11-33-27)28(40)38-15(2)18-7-8-21(29)22(30)9-18/h3-9,11-15H,1-2H3,(H,33,37)(H,38,40)(H3,32,34,35,36). The number of aromatic amines is 1. The fourth-order valence-electron chi connectivity index (χ4n) is 4.29. The first-order valence-electron chi connectivity index (χ1n) is 12.2. The lowest BCUT2D eigenvalue weighted by Crippen LogP contribution is -2.29. The maximum absolute atomic E-state index is 13.7. The van der Waals surface area contributed by atoms with Gasteiger partial charge in [-0.15, -0.1) is 0 Å². The molecule has 1 amide bonds. The van der Waals surface area contributed by atoms with Crippen LogP contribution >= 0.6 is 0 Å². The van der Waals surface area contributed by atoms with Crippen molar-refractivity contribution in [3.05, 3.63) is 95.3 Å². The molecule has 0 saturated carbocycles. The number of hydrogen-bond donors (Lipinski definition) is 4. The second-order valence-electron chi connectivity index (χ2n) is 9.11. The molecule has 0 aliphatic rings. The van der Waals surface area contributed by atoms with Crippen LogP contribution in [0.3, 0.4) is 0 Å². The van der Waals surface area contributed by atoms with Crippen molar-refractivity contribution in [2.45, 2.75) is 25.9 Å². The van der Waals surface area contributed by atoms with Crippen molar-refractivity contribution in [3.8, 4) is 17.2 Å². The van der Waals surface area contributed by atoms with E-state index in [1.54, 1.807) is 6.92 Å². The van der Waals surface area contributed by atoms with Gasteiger partial charge in [0.15, 0.2) is 28.8 Å². The van der Waals surface area contributed by atoms with Gasteiger partial charge in [-0.05, 0) is 42.7 Å². The number of H-pyrrole nitrogens is 1. The Kier molecular flexibility index (Phi) is 7.03. The summed E-state index contributed by atoms with van der Waals surface area (Å²) in [6.07, 6.45) is 4.49. The number of halogens is 2. The third-order valence-corrected chi connectivity index (χ3v) is 6.47. The Labute approximate surface area is 227 Å². The van der Waals surface area contributed by atoms with Gasteiger partial charge >= 0.3 is 0 Å². The molecule has 2 atom stereocenters. The first-order chi connectivity index (χ1) is 19.2. The topological polar surface area (TPSA) is 158 Å². The quantitative estimate of drug-likeness (QED) is 0.229. The maximum Gasteiger partial charge on any atom is 0.274 e. The molecule has 0 aliphatic carbocycles. The highest BCUT2D eigenvalue weighted by Crippen LogP contribution is 2.31. The minimum Gasteiger partial charge on any atom is -0.383 e. The summed E-state index contributed by atoms with van der Waals surface area (Å²) in [5.41, 5.74) is 9.58. The smallest absolute Gasteiger partial charge is 0.274 e. The van der Waals surface area contributed by atoms with Gasteiger partial charge in [-0.1, -0.05) is 30.3 Å². The number of fused-ring (bicyclic) bond motifs is 1. The molecular weight excluding hydrogens is 516 g/mol. The highest BCUT2D eigenvalue weighted by atomic mass is 19.2. The van der Waals surface area contributed by atoms with E-state index in [4.69, 9.17) is 5.73 Å². The van der Waals surface area contributed by atoms with Crippen LogP contribution in [0.25, 0.3) is 22.2 Å². The fourth-order valence-corrected chi connectivity index (χ4v) is 4.29. The Morgan fingerprint density at radius 2 is 1.77 bits per heavy atom. The van der Waals surface area contributed by atoms with Gasteiger partial charge in [0.25, 0.3) is 5.91 Å². The van der Waals surface area contributed by atoms with Gasteiger partial charge in [-0.3, -0.25) is 4.79 Å². The van der Waals surface area contributed by atoms with E-state index >= 15 is 0 Å². The van der Waals surface area contributed by atoms with Crippen LogP contribution in [0, 0.1) is 23.0 Å². The van der Waals surface area contributed by atoms with Crippen LogP contribution in [0.1, 0.15) is 53.2 Å². The highest BCUT2D eigenvalue weighted by molar-refractivity contribution is 6.00. The zero-order valence-electron chi connectivity index (χ0n) is 21.4. The molecule has 5 rings (SSSR count). The van der Waals surface area contributed by atoms with Crippen molar-refractivity contribution in [1.29, 1.82) is 5.26 Å². The minimum absolute atomic E-state index is 0.0461. The monoisotopic (exact) mass is 539 g/mol. The van der Waals surface area contributed by atoms with Crippen LogP contribution in [0.5, 0.6) is 0 Å². The van der Waals surface area contributed by atoms with Crippen molar-refractivity contribution in [2.24, 2.45) is 0 Å². The first kappa shape index (κ1) is 26.2. The summed E-state index contributed by atoms with van der Waals surface area (Å²) in [6, 6.07) is 12.0.